The lowest BCUT2D eigenvalue weighted by Gasteiger charge is -2.12. The monoisotopic (exact) mass is 274 g/mol. The molecule has 1 heterocycles. The van der Waals surface area contributed by atoms with Crippen LogP contribution in [0.15, 0.2) is 30.6 Å². The molecular weight excluding hydrogens is 260 g/mol. The first-order valence-corrected chi connectivity index (χ1v) is 6.48. The van der Waals surface area contributed by atoms with Crippen molar-refractivity contribution in [3.05, 3.63) is 46.7 Å². The van der Waals surface area contributed by atoms with E-state index in [9.17, 15) is 4.79 Å². The number of nitrogens with one attached hydrogen (secondary N) is 1. The highest BCUT2D eigenvalue weighted by molar-refractivity contribution is 6.33. The molecule has 1 amide bonds. The molecule has 0 spiro atoms. The number of nitrogens with zero attached hydrogens (tertiary/aromatic N) is 1. The lowest BCUT2D eigenvalue weighted by molar-refractivity contribution is -0.105. The quantitative estimate of drug-likeness (QED) is 0.861. The van der Waals surface area contributed by atoms with E-state index < -0.39 is 0 Å². The second kappa shape index (κ2) is 5.85. The number of carbonyl (C=O) groups is 1. The van der Waals surface area contributed by atoms with Crippen LogP contribution in [0.4, 0.5) is 5.69 Å². The molecule has 0 radical (unpaired) electrons. The first-order valence-electron chi connectivity index (χ1n) is 6.11. The number of amides is 1. The van der Waals surface area contributed by atoms with E-state index in [1.807, 2.05) is 19.1 Å². The molecule has 1 aromatic heterocycles. The van der Waals surface area contributed by atoms with Crippen LogP contribution in [0, 0.1) is 6.92 Å². The first-order chi connectivity index (χ1) is 9.17. The molecule has 0 unspecified atom stereocenters. The zero-order valence-electron chi connectivity index (χ0n) is 10.9. The molecule has 0 aliphatic carbocycles. The molecule has 2 rings (SSSR count). The molecule has 98 valence electrons. The molecule has 3 nitrogen and oxygen atoms in total. The highest BCUT2D eigenvalue weighted by atomic mass is 35.5. The average molecular weight is 275 g/mol. The molecule has 0 atom stereocenters. The molecule has 2 aromatic rings. The number of benzene rings is 1. The molecule has 0 fully saturated rings. The summed E-state index contributed by atoms with van der Waals surface area (Å²) >= 11 is 6.23. The summed E-state index contributed by atoms with van der Waals surface area (Å²) in [4.78, 5) is 14.6. The summed E-state index contributed by atoms with van der Waals surface area (Å²) in [5.41, 5.74) is 4.98. The van der Waals surface area contributed by atoms with Gasteiger partial charge in [-0.3, -0.25) is 9.78 Å². The largest absolute Gasteiger partial charge is 0.328 e. The number of aromatic nitrogens is 1. The molecular formula is C15H15ClN2O. The van der Waals surface area contributed by atoms with Crippen LogP contribution in [0.3, 0.4) is 0 Å². The summed E-state index contributed by atoms with van der Waals surface area (Å²) in [5, 5.41) is 3.35. The summed E-state index contributed by atoms with van der Waals surface area (Å²) in [7, 11) is 0. The van der Waals surface area contributed by atoms with Gasteiger partial charge in [-0.05, 0) is 42.2 Å². The molecule has 0 bridgehead atoms. The van der Waals surface area contributed by atoms with Crippen LogP contribution in [0.25, 0.3) is 11.1 Å². The van der Waals surface area contributed by atoms with E-state index in [0.29, 0.717) is 11.4 Å². The Labute approximate surface area is 117 Å². The highest BCUT2D eigenvalue weighted by Crippen LogP contribution is 2.32. The van der Waals surface area contributed by atoms with Gasteiger partial charge in [-0.2, -0.15) is 0 Å². The number of pyridine rings is 1. The van der Waals surface area contributed by atoms with Crippen LogP contribution >= 0.6 is 11.6 Å². The first kappa shape index (κ1) is 13.6. The van der Waals surface area contributed by atoms with Crippen LogP contribution < -0.4 is 5.32 Å². The van der Waals surface area contributed by atoms with Crippen molar-refractivity contribution in [3.8, 4) is 11.1 Å². The normalized spacial score (nSPS) is 10.3. The molecule has 1 N–H and O–H groups in total. The van der Waals surface area contributed by atoms with E-state index in [1.54, 1.807) is 12.4 Å². The fourth-order valence-corrected chi connectivity index (χ4v) is 2.46. The second-order valence-electron chi connectivity index (χ2n) is 4.30. The van der Waals surface area contributed by atoms with E-state index in [2.05, 4.69) is 23.3 Å². The van der Waals surface area contributed by atoms with Gasteiger partial charge in [0.1, 0.15) is 0 Å². The van der Waals surface area contributed by atoms with Gasteiger partial charge in [0.25, 0.3) is 0 Å². The molecule has 0 aliphatic rings. The van der Waals surface area contributed by atoms with Crippen molar-refractivity contribution in [1.29, 1.82) is 0 Å². The Balaban J connectivity index is 2.55. The van der Waals surface area contributed by atoms with Crippen LogP contribution in [-0.2, 0) is 11.2 Å². The van der Waals surface area contributed by atoms with Gasteiger partial charge >= 0.3 is 0 Å². The number of rotatable bonds is 4. The van der Waals surface area contributed by atoms with Crippen molar-refractivity contribution in [2.24, 2.45) is 0 Å². The number of carbonyl (C=O) groups excluding carboxylic acids is 1. The van der Waals surface area contributed by atoms with Crippen molar-refractivity contribution >= 4 is 23.7 Å². The molecule has 0 saturated heterocycles. The fraction of sp³-hybridized carbons (Fsp3) is 0.200. The SMILES string of the molecule is CCc1cc(-c2c(C)cncc2Cl)ccc1NC=O. The molecule has 1 aromatic carbocycles. The Morgan fingerprint density at radius 1 is 1.37 bits per heavy atom. The number of anilines is 1. The topological polar surface area (TPSA) is 42.0 Å². The zero-order valence-corrected chi connectivity index (χ0v) is 11.7. The average Bonchev–Trinajstić information content (AvgIpc) is 2.40. The molecule has 0 aliphatic heterocycles. The van der Waals surface area contributed by atoms with Gasteiger partial charge in [0.15, 0.2) is 0 Å². The minimum absolute atomic E-state index is 0.637. The minimum atomic E-state index is 0.637. The summed E-state index contributed by atoms with van der Waals surface area (Å²) in [6.07, 6.45) is 4.97. The van der Waals surface area contributed by atoms with Gasteiger partial charge in [-0.15, -0.1) is 0 Å². The van der Waals surface area contributed by atoms with Gasteiger partial charge in [-0.1, -0.05) is 24.6 Å². The number of halogens is 1. The number of hydrogen-bond donors (Lipinski definition) is 1. The van der Waals surface area contributed by atoms with Crippen LogP contribution in [-0.4, -0.2) is 11.4 Å². The van der Waals surface area contributed by atoms with Gasteiger partial charge < -0.3 is 5.32 Å². The molecule has 0 saturated carbocycles. The van der Waals surface area contributed by atoms with Gasteiger partial charge in [0.2, 0.25) is 6.41 Å². The van der Waals surface area contributed by atoms with E-state index in [4.69, 9.17) is 11.6 Å². The fourth-order valence-electron chi connectivity index (χ4n) is 2.14. The van der Waals surface area contributed by atoms with Gasteiger partial charge in [0.05, 0.1) is 5.02 Å². The maximum Gasteiger partial charge on any atom is 0.211 e. The number of hydrogen-bond acceptors (Lipinski definition) is 2. The summed E-state index contributed by atoms with van der Waals surface area (Å²) in [5.74, 6) is 0. The third-order valence-corrected chi connectivity index (χ3v) is 3.37. The zero-order chi connectivity index (χ0) is 13.8. The third-order valence-electron chi connectivity index (χ3n) is 3.08. The van der Waals surface area contributed by atoms with Crippen LogP contribution in [0.1, 0.15) is 18.1 Å². The maximum atomic E-state index is 10.6. The second-order valence-corrected chi connectivity index (χ2v) is 4.71. The van der Waals surface area contributed by atoms with Crippen molar-refractivity contribution < 1.29 is 4.79 Å². The maximum absolute atomic E-state index is 10.6. The summed E-state index contributed by atoms with van der Waals surface area (Å²) in [6.45, 7) is 4.04. The predicted molar refractivity (Wildman–Crippen MR) is 78.5 cm³/mol. The lowest BCUT2D eigenvalue weighted by atomic mass is 9.98. The Morgan fingerprint density at radius 3 is 2.79 bits per heavy atom. The smallest absolute Gasteiger partial charge is 0.211 e. The molecule has 4 heteroatoms. The van der Waals surface area contributed by atoms with Crippen LogP contribution in [0.5, 0.6) is 0 Å². The Hall–Kier alpha value is -1.87. The summed E-state index contributed by atoms with van der Waals surface area (Å²) < 4.78 is 0. The standard InChI is InChI=1S/C15H15ClN2O/c1-3-11-6-12(4-5-14(11)18-9-19)15-10(2)7-17-8-13(15)16/h4-9H,3H2,1-2H3,(H,18,19). The Bertz CT molecular complexity index is 591. The highest BCUT2D eigenvalue weighted by Gasteiger charge is 2.09. The lowest BCUT2D eigenvalue weighted by Crippen LogP contribution is -1.99. The van der Waals surface area contributed by atoms with E-state index in [0.717, 1.165) is 34.4 Å². The van der Waals surface area contributed by atoms with Crippen molar-refractivity contribution in [2.75, 3.05) is 5.32 Å². The van der Waals surface area contributed by atoms with Crippen molar-refractivity contribution in [2.45, 2.75) is 20.3 Å². The predicted octanol–water partition coefficient (Wildman–Crippen LogP) is 3.84. The number of aryl methyl sites for hydroxylation is 2. The van der Waals surface area contributed by atoms with Crippen molar-refractivity contribution in [3.63, 3.8) is 0 Å². The van der Waals surface area contributed by atoms with Crippen LogP contribution in [0.2, 0.25) is 5.02 Å². The van der Waals surface area contributed by atoms with E-state index >= 15 is 0 Å². The minimum Gasteiger partial charge on any atom is -0.328 e. The van der Waals surface area contributed by atoms with Gasteiger partial charge in [0, 0.05) is 23.6 Å². The van der Waals surface area contributed by atoms with Gasteiger partial charge in [-0.25, -0.2) is 0 Å². The van der Waals surface area contributed by atoms with Crippen molar-refractivity contribution in [1.82, 2.24) is 4.98 Å². The third kappa shape index (κ3) is 2.76. The Morgan fingerprint density at radius 2 is 2.16 bits per heavy atom. The van der Waals surface area contributed by atoms with E-state index in [1.165, 1.54) is 0 Å². The molecule has 19 heavy (non-hydrogen) atoms. The summed E-state index contributed by atoms with van der Waals surface area (Å²) in [6, 6.07) is 5.91. The Kier molecular flexibility index (Phi) is 4.17. The van der Waals surface area contributed by atoms with E-state index in [-0.39, 0.29) is 0 Å².